The Morgan fingerprint density at radius 2 is 2.00 bits per heavy atom. The standard InChI is InChI=1S/C17H24FNO3S/c1-2-3-11-19(16-10-12-23(21,22)13-16)17(20)9-6-14-4-7-15(18)8-5-14/h4-5,7-8,16H,2-3,6,9-13H2,1H3. The van der Waals surface area contributed by atoms with Crippen LogP contribution < -0.4 is 0 Å². The maximum atomic E-state index is 12.9. The van der Waals surface area contributed by atoms with Crippen molar-refractivity contribution in [2.45, 2.75) is 45.1 Å². The Balaban J connectivity index is 1.97. The van der Waals surface area contributed by atoms with E-state index < -0.39 is 9.84 Å². The van der Waals surface area contributed by atoms with E-state index in [-0.39, 0.29) is 29.3 Å². The van der Waals surface area contributed by atoms with E-state index in [1.54, 1.807) is 17.0 Å². The van der Waals surface area contributed by atoms with Crippen molar-refractivity contribution < 1.29 is 17.6 Å². The van der Waals surface area contributed by atoms with E-state index in [1.807, 2.05) is 6.92 Å². The third-order valence-electron chi connectivity index (χ3n) is 4.26. The normalized spacial score (nSPS) is 19.7. The molecule has 128 valence electrons. The third-order valence-corrected chi connectivity index (χ3v) is 6.01. The lowest BCUT2D eigenvalue weighted by Crippen LogP contribution is -2.41. The quantitative estimate of drug-likeness (QED) is 0.766. The zero-order valence-corrected chi connectivity index (χ0v) is 14.3. The Kier molecular flexibility index (Phi) is 6.16. The molecule has 1 fully saturated rings. The molecule has 0 spiro atoms. The first-order chi connectivity index (χ1) is 10.9. The molecular formula is C17H24FNO3S. The fraction of sp³-hybridized carbons (Fsp3) is 0.588. The van der Waals surface area contributed by atoms with Crippen LogP contribution in [0.15, 0.2) is 24.3 Å². The van der Waals surface area contributed by atoms with Crippen molar-refractivity contribution in [2.24, 2.45) is 0 Å². The topological polar surface area (TPSA) is 54.5 Å². The number of rotatable bonds is 7. The molecule has 0 aliphatic carbocycles. The average Bonchev–Trinajstić information content (AvgIpc) is 2.87. The number of benzene rings is 1. The predicted octanol–water partition coefficient (Wildman–Crippen LogP) is 2.57. The number of unbranched alkanes of at least 4 members (excludes halogenated alkanes) is 1. The first-order valence-corrected chi connectivity index (χ1v) is 9.98. The van der Waals surface area contributed by atoms with Gasteiger partial charge in [-0.25, -0.2) is 12.8 Å². The minimum absolute atomic E-state index is 0.00937. The summed E-state index contributed by atoms with van der Waals surface area (Å²) < 4.78 is 36.3. The molecule has 1 aromatic rings. The second-order valence-corrected chi connectivity index (χ2v) is 8.35. The first-order valence-electron chi connectivity index (χ1n) is 8.15. The van der Waals surface area contributed by atoms with Gasteiger partial charge in [0.2, 0.25) is 5.91 Å². The van der Waals surface area contributed by atoms with Crippen LogP contribution >= 0.6 is 0 Å². The van der Waals surface area contributed by atoms with Crippen molar-refractivity contribution in [3.05, 3.63) is 35.6 Å². The van der Waals surface area contributed by atoms with Crippen LogP contribution in [0.4, 0.5) is 4.39 Å². The maximum Gasteiger partial charge on any atom is 0.223 e. The van der Waals surface area contributed by atoms with Gasteiger partial charge in [0.15, 0.2) is 9.84 Å². The summed E-state index contributed by atoms with van der Waals surface area (Å²) in [4.78, 5) is 14.3. The third kappa shape index (κ3) is 5.30. The number of nitrogens with zero attached hydrogens (tertiary/aromatic N) is 1. The summed E-state index contributed by atoms with van der Waals surface area (Å²) in [6, 6.07) is 5.95. The monoisotopic (exact) mass is 341 g/mol. The molecular weight excluding hydrogens is 317 g/mol. The fourth-order valence-corrected chi connectivity index (χ4v) is 4.64. The molecule has 23 heavy (non-hydrogen) atoms. The van der Waals surface area contributed by atoms with E-state index in [0.717, 1.165) is 18.4 Å². The summed E-state index contributed by atoms with van der Waals surface area (Å²) in [5.74, 6) is -0.0458. The zero-order valence-electron chi connectivity index (χ0n) is 13.5. The van der Waals surface area contributed by atoms with Crippen LogP contribution in [0.25, 0.3) is 0 Å². The number of aryl methyl sites for hydroxylation is 1. The summed E-state index contributed by atoms with van der Waals surface area (Å²) in [7, 11) is -3.01. The molecule has 1 aliphatic heterocycles. The van der Waals surface area contributed by atoms with Crippen LogP contribution in [-0.2, 0) is 21.1 Å². The molecule has 1 amide bonds. The van der Waals surface area contributed by atoms with E-state index in [4.69, 9.17) is 0 Å². The molecule has 0 bridgehead atoms. The molecule has 1 atom stereocenters. The molecule has 1 saturated heterocycles. The highest BCUT2D eigenvalue weighted by atomic mass is 32.2. The number of carbonyl (C=O) groups excluding carboxylic acids is 1. The highest BCUT2D eigenvalue weighted by molar-refractivity contribution is 7.91. The van der Waals surface area contributed by atoms with Crippen LogP contribution in [-0.4, -0.2) is 43.3 Å². The number of carbonyl (C=O) groups is 1. The van der Waals surface area contributed by atoms with Crippen LogP contribution in [0.2, 0.25) is 0 Å². The molecule has 0 aromatic heterocycles. The zero-order chi connectivity index (χ0) is 16.9. The van der Waals surface area contributed by atoms with Gasteiger partial charge in [0.05, 0.1) is 11.5 Å². The second-order valence-electron chi connectivity index (χ2n) is 6.12. The van der Waals surface area contributed by atoms with Gasteiger partial charge in [0.25, 0.3) is 0 Å². The Hall–Kier alpha value is -1.43. The van der Waals surface area contributed by atoms with Gasteiger partial charge in [-0.2, -0.15) is 0 Å². The van der Waals surface area contributed by atoms with Crippen molar-refractivity contribution in [2.75, 3.05) is 18.1 Å². The Bertz CT molecular complexity index is 628. The Labute approximate surface area is 137 Å². The Morgan fingerprint density at radius 3 is 2.57 bits per heavy atom. The lowest BCUT2D eigenvalue weighted by molar-refractivity contribution is -0.133. The summed E-state index contributed by atoms with van der Waals surface area (Å²) in [5, 5.41) is 0. The van der Waals surface area contributed by atoms with Gasteiger partial charge in [-0.1, -0.05) is 25.5 Å². The highest BCUT2D eigenvalue weighted by Crippen LogP contribution is 2.20. The molecule has 0 N–H and O–H groups in total. The van der Waals surface area contributed by atoms with E-state index in [9.17, 15) is 17.6 Å². The van der Waals surface area contributed by atoms with Gasteiger partial charge in [-0.3, -0.25) is 4.79 Å². The summed E-state index contributed by atoms with van der Waals surface area (Å²) in [6.07, 6.45) is 3.24. The van der Waals surface area contributed by atoms with Crippen molar-refractivity contribution in [3.63, 3.8) is 0 Å². The SMILES string of the molecule is CCCCN(C(=O)CCc1ccc(F)cc1)C1CCS(=O)(=O)C1. The molecule has 1 heterocycles. The van der Waals surface area contributed by atoms with Crippen LogP contribution in [0.1, 0.15) is 38.2 Å². The van der Waals surface area contributed by atoms with Crippen molar-refractivity contribution in [1.29, 1.82) is 0 Å². The highest BCUT2D eigenvalue weighted by Gasteiger charge is 2.34. The number of amides is 1. The number of hydrogen-bond acceptors (Lipinski definition) is 3. The molecule has 2 rings (SSSR count). The van der Waals surface area contributed by atoms with Crippen molar-refractivity contribution >= 4 is 15.7 Å². The summed E-state index contributed by atoms with van der Waals surface area (Å²) in [5.41, 5.74) is 0.911. The van der Waals surface area contributed by atoms with E-state index in [0.29, 0.717) is 25.8 Å². The van der Waals surface area contributed by atoms with Crippen LogP contribution in [0.5, 0.6) is 0 Å². The molecule has 1 aromatic carbocycles. The van der Waals surface area contributed by atoms with Gasteiger partial charge in [0.1, 0.15) is 5.82 Å². The van der Waals surface area contributed by atoms with Crippen molar-refractivity contribution in [3.8, 4) is 0 Å². The van der Waals surface area contributed by atoms with Crippen molar-refractivity contribution in [1.82, 2.24) is 4.90 Å². The predicted molar refractivity (Wildman–Crippen MR) is 88.4 cm³/mol. The minimum atomic E-state index is -3.01. The Morgan fingerprint density at radius 1 is 1.30 bits per heavy atom. The van der Waals surface area contributed by atoms with Gasteiger partial charge in [-0.15, -0.1) is 0 Å². The molecule has 4 nitrogen and oxygen atoms in total. The summed E-state index contributed by atoms with van der Waals surface area (Å²) in [6.45, 7) is 2.66. The smallest absolute Gasteiger partial charge is 0.223 e. The van der Waals surface area contributed by atoms with Crippen LogP contribution in [0.3, 0.4) is 0 Å². The molecule has 1 aliphatic rings. The molecule has 0 saturated carbocycles. The molecule has 0 radical (unpaired) electrons. The minimum Gasteiger partial charge on any atom is -0.339 e. The average molecular weight is 341 g/mol. The van der Waals surface area contributed by atoms with E-state index in [2.05, 4.69) is 0 Å². The van der Waals surface area contributed by atoms with Gasteiger partial charge < -0.3 is 4.90 Å². The second kappa shape index (κ2) is 7.90. The number of sulfone groups is 1. The van der Waals surface area contributed by atoms with Gasteiger partial charge in [-0.05, 0) is 37.0 Å². The van der Waals surface area contributed by atoms with Gasteiger partial charge >= 0.3 is 0 Å². The first kappa shape index (κ1) is 17.9. The maximum absolute atomic E-state index is 12.9. The molecule has 1 unspecified atom stereocenters. The number of halogens is 1. The van der Waals surface area contributed by atoms with E-state index >= 15 is 0 Å². The lowest BCUT2D eigenvalue weighted by Gasteiger charge is -2.28. The number of hydrogen-bond donors (Lipinski definition) is 0. The van der Waals surface area contributed by atoms with E-state index in [1.165, 1.54) is 12.1 Å². The lowest BCUT2D eigenvalue weighted by atomic mass is 10.1. The molecule has 6 heteroatoms. The largest absolute Gasteiger partial charge is 0.339 e. The summed E-state index contributed by atoms with van der Waals surface area (Å²) >= 11 is 0. The van der Waals surface area contributed by atoms with Gasteiger partial charge in [0, 0.05) is 19.0 Å². The fourth-order valence-electron chi connectivity index (χ4n) is 2.91. The van der Waals surface area contributed by atoms with Crippen LogP contribution in [0, 0.1) is 5.82 Å².